The Labute approximate surface area is 141 Å². The Bertz CT molecular complexity index is 465. The fraction of sp³-hybridized carbons (Fsp3) is 0.538. The number of hydrogen-bond donors (Lipinski definition) is 1. The van der Waals surface area contributed by atoms with Crippen LogP contribution in [0, 0.1) is 0 Å². The number of rotatable bonds is 3. The zero-order chi connectivity index (χ0) is 14.8. The van der Waals surface area contributed by atoms with Crippen molar-refractivity contribution in [1.29, 1.82) is 0 Å². The molecule has 1 atom stereocenters. The lowest BCUT2D eigenvalue weighted by Gasteiger charge is -2.36. The second-order valence-electron chi connectivity index (χ2n) is 4.79. The first-order valence-electron chi connectivity index (χ1n) is 6.33. The summed E-state index contributed by atoms with van der Waals surface area (Å²) in [7, 11) is 0. The van der Waals surface area contributed by atoms with Gasteiger partial charge in [0.1, 0.15) is 0 Å². The summed E-state index contributed by atoms with van der Waals surface area (Å²) >= 11 is 9.19. The zero-order valence-corrected chi connectivity index (χ0v) is 14.2. The van der Waals surface area contributed by atoms with E-state index in [0.29, 0.717) is 41.2 Å². The van der Waals surface area contributed by atoms with Crippen LogP contribution in [0.2, 0.25) is 5.02 Å². The van der Waals surface area contributed by atoms with Gasteiger partial charge in [-0.3, -0.25) is 4.90 Å². The van der Waals surface area contributed by atoms with Crippen LogP contribution in [-0.2, 0) is 0 Å². The van der Waals surface area contributed by atoms with Crippen LogP contribution in [0.5, 0.6) is 0 Å². The largest absolute Gasteiger partial charge is 0.390 e. The van der Waals surface area contributed by atoms with Gasteiger partial charge in [0.25, 0.3) is 0 Å². The smallest absolute Gasteiger partial charge is 0.314 e. The molecule has 0 amide bonds. The maximum atomic E-state index is 12.9. The summed E-state index contributed by atoms with van der Waals surface area (Å²) < 4.78 is 39.2. The topological polar surface area (TPSA) is 15.3 Å². The molecule has 1 saturated heterocycles. The molecule has 0 aromatic heterocycles. The van der Waals surface area contributed by atoms with E-state index in [1.807, 2.05) is 4.90 Å². The Morgan fingerprint density at radius 1 is 1.29 bits per heavy atom. The molecule has 8 heteroatoms. The van der Waals surface area contributed by atoms with Gasteiger partial charge in [0, 0.05) is 41.7 Å². The highest BCUT2D eigenvalue weighted by molar-refractivity contribution is 9.10. The van der Waals surface area contributed by atoms with E-state index >= 15 is 0 Å². The van der Waals surface area contributed by atoms with E-state index in [1.165, 1.54) is 0 Å². The van der Waals surface area contributed by atoms with Gasteiger partial charge in [-0.05, 0) is 17.7 Å². The standard InChI is InChI=1S/C13H15BrClF3N2.ClH/c14-11-7-9(15)1-2-10(11)12(8-13(16,17)18)20-5-3-19-4-6-20;/h1-2,7,12,19H,3-6,8H2;1H/t12-;/m1./s1. The molecule has 1 N–H and O–H groups in total. The Morgan fingerprint density at radius 3 is 2.43 bits per heavy atom. The third-order valence-electron chi connectivity index (χ3n) is 3.34. The molecule has 0 unspecified atom stereocenters. The molecule has 0 radical (unpaired) electrons. The van der Waals surface area contributed by atoms with Crippen LogP contribution in [0.15, 0.2) is 22.7 Å². The fourth-order valence-electron chi connectivity index (χ4n) is 2.42. The van der Waals surface area contributed by atoms with E-state index in [0.717, 1.165) is 0 Å². The van der Waals surface area contributed by atoms with E-state index in [-0.39, 0.29) is 12.4 Å². The number of hydrogen-bond acceptors (Lipinski definition) is 2. The number of piperazine rings is 1. The van der Waals surface area contributed by atoms with Gasteiger partial charge in [0.2, 0.25) is 0 Å². The van der Waals surface area contributed by atoms with Crippen LogP contribution in [0.1, 0.15) is 18.0 Å². The third kappa shape index (κ3) is 5.60. The van der Waals surface area contributed by atoms with E-state index in [1.54, 1.807) is 18.2 Å². The van der Waals surface area contributed by atoms with Gasteiger partial charge in [-0.2, -0.15) is 13.2 Å². The van der Waals surface area contributed by atoms with Crippen molar-refractivity contribution in [2.75, 3.05) is 26.2 Å². The first-order valence-corrected chi connectivity index (χ1v) is 7.50. The van der Waals surface area contributed by atoms with Crippen molar-refractivity contribution in [3.63, 3.8) is 0 Å². The van der Waals surface area contributed by atoms with Crippen molar-refractivity contribution in [3.05, 3.63) is 33.3 Å². The second kappa shape index (κ2) is 8.02. The van der Waals surface area contributed by atoms with E-state index in [4.69, 9.17) is 11.6 Å². The van der Waals surface area contributed by atoms with Crippen LogP contribution in [-0.4, -0.2) is 37.3 Å². The van der Waals surface area contributed by atoms with Crippen LogP contribution in [0.25, 0.3) is 0 Å². The van der Waals surface area contributed by atoms with Crippen molar-refractivity contribution in [3.8, 4) is 0 Å². The van der Waals surface area contributed by atoms with E-state index < -0.39 is 18.6 Å². The molecular weight excluding hydrogens is 392 g/mol. The quantitative estimate of drug-likeness (QED) is 0.797. The lowest BCUT2D eigenvalue weighted by molar-refractivity contribution is -0.148. The van der Waals surface area contributed by atoms with Crippen molar-refractivity contribution in [2.45, 2.75) is 18.6 Å². The minimum atomic E-state index is -4.20. The highest BCUT2D eigenvalue weighted by atomic mass is 79.9. The zero-order valence-electron chi connectivity index (χ0n) is 11.1. The Hall–Kier alpha value is -0.0100. The van der Waals surface area contributed by atoms with Crippen LogP contribution in [0.3, 0.4) is 0 Å². The summed E-state index contributed by atoms with van der Waals surface area (Å²) in [5.41, 5.74) is 0.633. The molecule has 0 aliphatic carbocycles. The second-order valence-corrected chi connectivity index (χ2v) is 6.08. The van der Waals surface area contributed by atoms with Gasteiger partial charge in [-0.1, -0.05) is 33.6 Å². The number of nitrogens with zero attached hydrogens (tertiary/aromatic N) is 1. The Balaban J connectivity index is 0.00000220. The minimum Gasteiger partial charge on any atom is -0.314 e. The summed E-state index contributed by atoms with van der Waals surface area (Å²) in [6, 6.07) is 4.27. The number of alkyl halides is 3. The van der Waals surface area contributed by atoms with Gasteiger partial charge in [-0.25, -0.2) is 0 Å². The molecule has 2 nitrogen and oxygen atoms in total. The minimum absolute atomic E-state index is 0. The number of halogens is 6. The van der Waals surface area contributed by atoms with Crippen molar-refractivity contribution in [1.82, 2.24) is 10.2 Å². The lowest BCUT2D eigenvalue weighted by Crippen LogP contribution is -2.46. The predicted molar refractivity (Wildman–Crippen MR) is 84.3 cm³/mol. The lowest BCUT2D eigenvalue weighted by atomic mass is 10.0. The molecule has 0 saturated carbocycles. The molecule has 21 heavy (non-hydrogen) atoms. The van der Waals surface area contributed by atoms with Crippen LogP contribution >= 0.6 is 39.9 Å². The van der Waals surface area contributed by atoms with Crippen molar-refractivity contribution >= 4 is 39.9 Å². The Kier molecular flexibility index (Phi) is 7.27. The predicted octanol–water partition coefficient (Wildman–Crippen LogP) is 4.42. The summed E-state index contributed by atoms with van der Waals surface area (Å²) in [6.07, 6.45) is -5.05. The first kappa shape index (κ1) is 19.0. The molecule has 1 aliphatic rings. The molecular formula is C13H16BrCl2F3N2. The van der Waals surface area contributed by atoms with Crippen LogP contribution < -0.4 is 5.32 Å². The summed E-state index contributed by atoms with van der Waals surface area (Å²) in [5, 5.41) is 3.66. The molecule has 1 aromatic rings. The maximum absolute atomic E-state index is 12.9. The fourth-order valence-corrected chi connectivity index (χ4v) is 3.37. The average Bonchev–Trinajstić information content (AvgIpc) is 2.36. The van der Waals surface area contributed by atoms with Gasteiger partial charge < -0.3 is 5.32 Å². The van der Waals surface area contributed by atoms with Crippen molar-refractivity contribution < 1.29 is 13.2 Å². The van der Waals surface area contributed by atoms with Gasteiger partial charge >= 0.3 is 6.18 Å². The summed E-state index contributed by atoms with van der Waals surface area (Å²) in [6.45, 7) is 2.63. The summed E-state index contributed by atoms with van der Waals surface area (Å²) in [5.74, 6) is 0. The SMILES string of the molecule is Cl.FC(F)(F)C[C@H](c1ccc(Cl)cc1Br)N1CCNCC1. The average molecular weight is 408 g/mol. The first-order chi connectivity index (χ1) is 9.37. The highest BCUT2D eigenvalue weighted by Crippen LogP contribution is 2.37. The molecule has 2 rings (SSSR count). The van der Waals surface area contributed by atoms with E-state index in [2.05, 4.69) is 21.2 Å². The van der Waals surface area contributed by atoms with Gasteiger partial charge in [0.15, 0.2) is 0 Å². The molecule has 1 aliphatic heterocycles. The van der Waals surface area contributed by atoms with Gasteiger partial charge in [-0.15, -0.1) is 12.4 Å². The van der Waals surface area contributed by atoms with E-state index in [9.17, 15) is 13.2 Å². The van der Waals surface area contributed by atoms with Gasteiger partial charge in [0.05, 0.1) is 6.42 Å². The Morgan fingerprint density at radius 2 is 1.90 bits per heavy atom. The van der Waals surface area contributed by atoms with Crippen molar-refractivity contribution in [2.24, 2.45) is 0 Å². The molecule has 1 aromatic carbocycles. The molecule has 1 heterocycles. The number of nitrogens with one attached hydrogen (secondary N) is 1. The monoisotopic (exact) mass is 406 g/mol. The highest BCUT2D eigenvalue weighted by Gasteiger charge is 2.36. The normalized spacial score (nSPS) is 18.1. The third-order valence-corrected chi connectivity index (χ3v) is 4.26. The molecule has 120 valence electrons. The summed E-state index contributed by atoms with van der Waals surface area (Å²) in [4.78, 5) is 1.87. The molecule has 1 fully saturated rings. The maximum Gasteiger partial charge on any atom is 0.390 e. The number of benzene rings is 1. The molecule has 0 bridgehead atoms. The molecule has 0 spiro atoms. The van der Waals surface area contributed by atoms with Crippen LogP contribution in [0.4, 0.5) is 13.2 Å².